The lowest BCUT2D eigenvalue weighted by Gasteiger charge is -2.18. The Labute approximate surface area is 204 Å². The number of halogens is 4. The Morgan fingerprint density at radius 3 is 2.37 bits per heavy atom. The second kappa shape index (κ2) is 10.7. The summed E-state index contributed by atoms with van der Waals surface area (Å²) in [7, 11) is 1.52. The lowest BCUT2D eigenvalue weighted by atomic mass is 10.1. The number of ether oxygens (including phenoxy) is 2. The van der Waals surface area contributed by atoms with Gasteiger partial charge in [0, 0.05) is 19.3 Å². The molecular weight excluding hydrogens is 489 g/mol. The van der Waals surface area contributed by atoms with E-state index in [9.17, 15) is 27.6 Å². The van der Waals surface area contributed by atoms with Gasteiger partial charge in [0.2, 0.25) is 5.91 Å². The first-order chi connectivity index (χ1) is 16.5. The summed E-state index contributed by atoms with van der Waals surface area (Å²) in [6.07, 6.45) is -5.09. The summed E-state index contributed by atoms with van der Waals surface area (Å²) in [5, 5.41) is 5.05. The van der Waals surface area contributed by atoms with Gasteiger partial charge in [-0.15, -0.1) is 0 Å². The number of hydrogen-bond acceptors (Lipinski definition) is 5. The van der Waals surface area contributed by atoms with Crippen LogP contribution in [-0.4, -0.2) is 44.1 Å². The average Bonchev–Trinajstić information content (AvgIpc) is 3.61. The van der Waals surface area contributed by atoms with Crippen LogP contribution in [0.4, 0.5) is 18.9 Å². The summed E-state index contributed by atoms with van der Waals surface area (Å²) < 4.78 is 49.8. The molecular formula is C24H24ClF3N2O5. The molecule has 0 radical (unpaired) electrons. The maximum absolute atomic E-state index is 13.1. The van der Waals surface area contributed by atoms with Gasteiger partial charge in [0.1, 0.15) is 17.8 Å². The highest BCUT2D eigenvalue weighted by Gasteiger charge is 2.68. The molecule has 0 saturated heterocycles. The van der Waals surface area contributed by atoms with E-state index in [1.54, 1.807) is 12.1 Å². The Kier molecular flexibility index (Phi) is 8.07. The minimum absolute atomic E-state index is 0.0557. The van der Waals surface area contributed by atoms with Crippen molar-refractivity contribution >= 4 is 34.9 Å². The van der Waals surface area contributed by atoms with Gasteiger partial charge in [-0.25, -0.2) is 0 Å². The second-order valence-corrected chi connectivity index (χ2v) is 8.55. The fraction of sp³-hybridized carbons (Fsp3) is 0.375. The third kappa shape index (κ3) is 6.12. The van der Waals surface area contributed by atoms with Crippen LogP contribution in [0.25, 0.3) is 0 Å². The topological polar surface area (TPSA) is 93.7 Å². The largest absolute Gasteiger partial charge is 0.490 e. The Bertz CT molecular complexity index is 1130. The van der Waals surface area contributed by atoms with Gasteiger partial charge in [0.25, 0.3) is 5.91 Å². The van der Waals surface area contributed by atoms with E-state index in [2.05, 4.69) is 10.6 Å². The molecule has 2 N–H and O–H groups in total. The van der Waals surface area contributed by atoms with Crippen molar-refractivity contribution in [3.63, 3.8) is 0 Å². The van der Waals surface area contributed by atoms with Crippen molar-refractivity contribution in [1.29, 1.82) is 0 Å². The molecule has 2 aromatic rings. The Hall–Kier alpha value is -3.11. The molecule has 11 heteroatoms. The fourth-order valence-electron chi connectivity index (χ4n) is 3.41. The first kappa shape index (κ1) is 26.5. The lowest BCUT2D eigenvalue weighted by Crippen LogP contribution is -2.40. The molecule has 0 spiro atoms. The summed E-state index contributed by atoms with van der Waals surface area (Å²) >= 11 is 6.16. The number of methoxy groups -OCH3 is 1. The molecule has 35 heavy (non-hydrogen) atoms. The SMILES string of the molecule is COCCOc1ccc(NC(=O)c2cc(CNC(=O)C3(C(F)(F)F)CC3)ccc2Cl)cc1C(C)=O. The van der Waals surface area contributed by atoms with Gasteiger partial charge in [-0.1, -0.05) is 17.7 Å². The van der Waals surface area contributed by atoms with Crippen LogP contribution in [-0.2, 0) is 16.1 Å². The molecule has 0 bridgehead atoms. The number of ketones is 1. The number of Topliss-reactive ketones (excluding diaryl/α,β-unsaturated/α-hetero) is 1. The minimum atomic E-state index is -4.61. The predicted molar refractivity (Wildman–Crippen MR) is 123 cm³/mol. The van der Waals surface area contributed by atoms with E-state index in [1.165, 1.54) is 38.3 Å². The summed E-state index contributed by atoms with van der Waals surface area (Å²) in [5.41, 5.74) is -1.29. The molecule has 0 aliphatic heterocycles. The number of amides is 2. The van der Waals surface area contributed by atoms with Crippen molar-refractivity contribution in [2.75, 3.05) is 25.6 Å². The van der Waals surface area contributed by atoms with Gasteiger partial charge in [-0.05, 0) is 55.7 Å². The Balaban J connectivity index is 1.71. The van der Waals surface area contributed by atoms with E-state index in [1.807, 2.05) is 0 Å². The zero-order valence-corrected chi connectivity index (χ0v) is 19.8. The molecule has 188 valence electrons. The standard InChI is InChI=1S/C24H24ClF3N2O5/c1-14(31)17-12-16(4-6-20(17)35-10-9-34-2)30-21(32)18-11-15(3-5-19(18)25)13-29-22(33)23(7-8-23)24(26,27)28/h3-6,11-12H,7-10,13H2,1-2H3,(H,29,33)(H,30,32). The third-order valence-electron chi connectivity index (χ3n) is 5.62. The molecule has 2 aromatic carbocycles. The van der Waals surface area contributed by atoms with E-state index in [4.69, 9.17) is 21.1 Å². The molecule has 1 fully saturated rings. The smallest absolute Gasteiger partial charge is 0.403 e. The molecule has 3 rings (SSSR count). The quantitative estimate of drug-likeness (QED) is 0.353. The van der Waals surface area contributed by atoms with Gasteiger partial charge in [-0.3, -0.25) is 14.4 Å². The van der Waals surface area contributed by atoms with E-state index in [0.717, 1.165) is 0 Å². The first-order valence-corrected chi connectivity index (χ1v) is 11.1. The van der Waals surface area contributed by atoms with E-state index < -0.39 is 23.4 Å². The second-order valence-electron chi connectivity index (χ2n) is 8.14. The molecule has 1 saturated carbocycles. The van der Waals surface area contributed by atoms with Crippen LogP contribution < -0.4 is 15.4 Å². The number of rotatable bonds is 10. The van der Waals surface area contributed by atoms with E-state index >= 15 is 0 Å². The van der Waals surface area contributed by atoms with Gasteiger partial charge in [-0.2, -0.15) is 13.2 Å². The third-order valence-corrected chi connectivity index (χ3v) is 5.95. The molecule has 0 heterocycles. The van der Waals surface area contributed by atoms with E-state index in [-0.39, 0.29) is 47.9 Å². The molecule has 2 amide bonds. The molecule has 0 aromatic heterocycles. The molecule has 1 aliphatic carbocycles. The van der Waals surface area contributed by atoms with Crippen molar-refractivity contribution in [2.45, 2.75) is 32.5 Å². The molecule has 7 nitrogen and oxygen atoms in total. The number of carbonyl (C=O) groups is 3. The zero-order chi connectivity index (χ0) is 25.8. The van der Waals surface area contributed by atoms with Gasteiger partial charge in [0.05, 0.1) is 22.8 Å². The van der Waals surface area contributed by atoms with Gasteiger partial charge < -0.3 is 20.1 Å². The number of alkyl halides is 3. The van der Waals surface area contributed by atoms with Gasteiger partial charge in [0.15, 0.2) is 5.78 Å². The van der Waals surface area contributed by atoms with Crippen molar-refractivity contribution < 1.29 is 37.0 Å². The predicted octanol–water partition coefficient (Wildman–Crippen LogP) is 4.78. The molecule has 0 atom stereocenters. The van der Waals surface area contributed by atoms with Crippen LogP contribution in [0.1, 0.15) is 46.0 Å². The summed E-state index contributed by atoms with van der Waals surface area (Å²) in [6, 6.07) is 8.88. The number of anilines is 1. The maximum Gasteiger partial charge on any atom is 0.403 e. The van der Waals surface area contributed by atoms with Crippen molar-refractivity contribution in [1.82, 2.24) is 5.32 Å². The number of carbonyl (C=O) groups excluding carboxylic acids is 3. The lowest BCUT2D eigenvalue weighted by molar-refractivity contribution is -0.192. The highest BCUT2D eigenvalue weighted by Crippen LogP contribution is 2.57. The first-order valence-electron chi connectivity index (χ1n) is 10.7. The number of nitrogens with one attached hydrogen (secondary N) is 2. The van der Waals surface area contributed by atoms with E-state index in [0.29, 0.717) is 23.6 Å². The normalized spacial score (nSPS) is 14.2. The molecule has 0 unspecified atom stereocenters. The average molecular weight is 513 g/mol. The number of hydrogen-bond donors (Lipinski definition) is 2. The van der Waals surface area contributed by atoms with Crippen LogP contribution in [0.15, 0.2) is 36.4 Å². The van der Waals surface area contributed by atoms with Gasteiger partial charge >= 0.3 is 6.18 Å². The fourth-order valence-corrected chi connectivity index (χ4v) is 3.62. The van der Waals surface area contributed by atoms with Crippen molar-refractivity contribution in [3.8, 4) is 5.75 Å². The highest BCUT2D eigenvalue weighted by molar-refractivity contribution is 6.34. The Morgan fingerprint density at radius 2 is 1.77 bits per heavy atom. The zero-order valence-electron chi connectivity index (χ0n) is 19.1. The van der Waals surface area contributed by atoms with Crippen molar-refractivity contribution in [3.05, 3.63) is 58.1 Å². The summed E-state index contributed by atoms with van der Waals surface area (Å²) in [6.45, 7) is 1.74. The minimum Gasteiger partial charge on any atom is -0.490 e. The van der Waals surface area contributed by atoms with Crippen LogP contribution in [0.3, 0.4) is 0 Å². The Morgan fingerprint density at radius 1 is 1.06 bits per heavy atom. The van der Waals surface area contributed by atoms with Crippen molar-refractivity contribution in [2.24, 2.45) is 5.41 Å². The van der Waals surface area contributed by atoms with Crippen LogP contribution in [0, 0.1) is 5.41 Å². The summed E-state index contributed by atoms with van der Waals surface area (Å²) in [5.74, 6) is -1.61. The monoisotopic (exact) mass is 512 g/mol. The van der Waals surface area contributed by atoms with Crippen LogP contribution in [0.5, 0.6) is 5.75 Å². The maximum atomic E-state index is 13.1. The summed E-state index contributed by atoms with van der Waals surface area (Å²) in [4.78, 5) is 36.9. The molecule has 1 aliphatic rings. The number of benzene rings is 2. The van der Waals surface area contributed by atoms with Crippen LogP contribution >= 0.6 is 11.6 Å². The van der Waals surface area contributed by atoms with Crippen LogP contribution in [0.2, 0.25) is 5.02 Å². The highest BCUT2D eigenvalue weighted by atomic mass is 35.5.